The summed E-state index contributed by atoms with van der Waals surface area (Å²) in [6.45, 7) is 6.00. The van der Waals surface area contributed by atoms with Gasteiger partial charge in [-0.2, -0.15) is 0 Å². The largest absolute Gasteiger partial charge is 0.352 e. The monoisotopic (exact) mass is 209 g/mol. The maximum absolute atomic E-state index is 12.6. The van der Waals surface area contributed by atoms with E-state index in [1.54, 1.807) is 12.1 Å². The molecular weight excluding hydrogens is 193 g/mol. The van der Waals surface area contributed by atoms with Gasteiger partial charge in [-0.05, 0) is 17.7 Å². The van der Waals surface area contributed by atoms with Crippen molar-refractivity contribution in [2.75, 3.05) is 0 Å². The van der Waals surface area contributed by atoms with Gasteiger partial charge in [0.1, 0.15) is 5.82 Å². The van der Waals surface area contributed by atoms with Gasteiger partial charge in [0, 0.05) is 12.0 Å². The number of halogens is 1. The van der Waals surface area contributed by atoms with Crippen molar-refractivity contribution in [1.82, 2.24) is 5.32 Å². The van der Waals surface area contributed by atoms with Crippen LogP contribution < -0.4 is 5.32 Å². The minimum absolute atomic E-state index is 0.00757. The number of amides is 1. The third kappa shape index (κ3) is 3.70. The average Bonchev–Trinajstić information content (AvgIpc) is 2.15. The number of hydrogen-bond acceptors (Lipinski definition) is 1. The molecule has 1 aromatic carbocycles. The van der Waals surface area contributed by atoms with Crippen molar-refractivity contribution in [1.29, 1.82) is 0 Å². The molecule has 0 atom stereocenters. The quantitative estimate of drug-likeness (QED) is 0.796. The van der Waals surface area contributed by atoms with E-state index >= 15 is 0 Å². The predicted molar refractivity (Wildman–Crippen MR) is 57.7 cm³/mol. The van der Waals surface area contributed by atoms with Gasteiger partial charge in [0.15, 0.2) is 0 Å². The third-order valence-electron chi connectivity index (χ3n) is 2.05. The molecule has 0 saturated heterocycles. The van der Waals surface area contributed by atoms with Crippen LogP contribution in [0.25, 0.3) is 0 Å². The summed E-state index contributed by atoms with van der Waals surface area (Å²) < 4.78 is 12.6. The first-order valence-electron chi connectivity index (χ1n) is 4.92. The summed E-state index contributed by atoms with van der Waals surface area (Å²) in [6.07, 6.45) is 0. The number of hydrogen-bond donors (Lipinski definition) is 1. The van der Waals surface area contributed by atoms with Gasteiger partial charge in [0.05, 0.1) is 0 Å². The second-order valence-corrected chi connectivity index (χ2v) is 4.56. The van der Waals surface area contributed by atoms with Gasteiger partial charge in [-0.15, -0.1) is 0 Å². The average molecular weight is 209 g/mol. The highest BCUT2D eigenvalue weighted by Gasteiger charge is 2.20. The van der Waals surface area contributed by atoms with Crippen LogP contribution in [0, 0.1) is 11.2 Å². The molecule has 0 saturated carbocycles. The lowest BCUT2D eigenvalue weighted by molar-refractivity contribution is -0.128. The highest BCUT2D eigenvalue weighted by Crippen LogP contribution is 2.13. The zero-order valence-electron chi connectivity index (χ0n) is 9.30. The van der Waals surface area contributed by atoms with Gasteiger partial charge in [-0.1, -0.05) is 32.9 Å². The van der Waals surface area contributed by atoms with Gasteiger partial charge < -0.3 is 5.32 Å². The molecule has 0 aliphatic heterocycles. The molecule has 0 unspecified atom stereocenters. The number of nitrogens with one attached hydrogen (secondary N) is 1. The Labute approximate surface area is 89.5 Å². The number of rotatable bonds is 2. The Balaban J connectivity index is 2.51. The number of benzene rings is 1. The number of carbonyl (C=O) groups is 1. The van der Waals surface area contributed by atoms with Crippen molar-refractivity contribution in [2.24, 2.45) is 5.41 Å². The van der Waals surface area contributed by atoms with E-state index in [1.807, 2.05) is 20.8 Å². The van der Waals surface area contributed by atoms with Gasteiger partial charge in [0.25, 0.3) is 0 Å². The van der Waals surface area contributed by atoms with E-state index < -0.39 is 0 Å². The van der Waals surface area contributed by atoms with Crippen molar-refractivity contribution >= 4 is 5.91 Å². The summed E-state index contributed by atoms with van der Waals surface area (Å²) >= 11 is 0. The molecule has 15 heavy (non-hydrogen) atoms. The van der Waals surface area contributed by atoms with Crippen molar-refractivity contribution in [3.05, 3.63) is 35.6 Å². The molecule has 0 aliphatic rings. The fraction of sp³-hybridized carbons (Fsp3) is 0.417. The van der Waals surface area contributed by atoms with Gasteiger partial charge >= 0.3 is 0 Å². The summed E-state index contributed by atoms with van der Waals surface area (Å²) in [5.41, 5.74) is 0.508. The summed E-state index contributed by atoms with van der Waals surface area (Å²) in [6, 6.07) is 6.10. The van der Waals surface area contributed by atoms with E-state index in [-0.39, 0.29) is 17.1 Å². The maximum atomic E-state index is 12.6. The Morgan fingerprint density at radius 1 is 1.27 bits per heavy atom. The van der Waals surface area contributed by atoms with Crippen LogP contribution in [-0.4, -0.2) is 5.91 Å². The lowest BCUT2D eigenvalue weighted by Crippen LogP contribution is -2.34. The standard InChI is InChI=1S/C12H16FNO/c1-12(2,3)11(15)14-8-9-4-6-10(13)7-5-9/h4-7H,8H2,1-3H3,(H,14,15). The molecule has 0 aliphatic carbocycles. The van der Waals surface area contributed by atoms with E-state index in [4.69, 9.17) is 0 Å². The second kappa shape index (κ2) is 4.43. The molecular formula is C12H16FNO. The first-order valence-corrected chi connectivity index (χ1v) is 4.92. The second-order valence-electron chi connectivity index (χ2n) is 4.56. The zero-order valence-corrected chi connectivity index (χ0v) is 9.30. The lowest BCUT2D eigenvalue weighted by atomic mass is 9.95. The van der Waals surface area contributed by atoms with Crippen LogP contribution in [0.3, 0.4) is 0 Å². The van der Waals surface area contributed by atoms with E-state index in [0.717, 1.165) is 5.56 Å². The predicted octanol–water partition coefficient (Wildman–Crippen LogP) is 2.49. The van der Waals surface area contributed by atoms with Crippen LogP contribution in [0.4, 0.5) is 4.39 Å². The molecule has 82 valence electrons. The van der Waals surface area contributed by atoms with Crippen LogP contribution in [0.15, 0.2) is 24.3 Å². The molecule has 0 spiro atoms. The molecule has 1 amide bonds. The Morgan fingerprint density at radius 2 is 1.80 bits per heavy atom. The Kier molecular flexibility index (Phi) is 3.45. The van der Waals surface area contributed by atoms with Gasteiger partial charge in [-0.3, -0.25) is 4.79 Å². The highest BCUT2D eigenvalue weighted by molar-refractivity contribution is 5.81. The Bertz CT molecular complexity index is 338. The van der Waals surface area contributed by atoms with E-state index in [0.29, 0.717) is 6.54 Å². The fourth-order valence-corrected chi connectivity index (χ4v) is 1.05. The molecule has 1 aromatic rings. The molecule has 0 aromatic heterocycles. The van der Waals surface area contributed by atoms with Crippen molar-refractivity contribution in [3.8, 4) is 0 Å². The minimum Gasteiger partial charge on any atom is -0.352 e. The molecule has 1 N–H and O–H groups in total. The first kappa shape index (κ1) is 11.7. The normalized spacial score (nSPS) is 11.2. The molecule has 3 heteroatoms. The summed E-state index contributed by atoms with van der Waals surface area (Å²) in [5.74, 6) is -0.271. The lowest BCUT2D eigenvalue weighted by Gasteiger charge is -2.17. The molecule has 0 bridgehead atoms. The van der Waals surface area contributed by atoms with Crippen molar-refractivity contribution in [3.63, 3.8) is 0 Å². The summed E-state index contributed by atoms with van der Waals surface area (Å²) in [7, 11) is 0. The summed E-state index contributed by atoms with van der Waals surface area (Å²) in [4.78, 5) is 11.5. The van der Waals surface area contributed by atoms with Crippen LogP contribution in [0.5, 0.6) is 0 Å². The van der Waals surface area contributed by atoms with Gasteiger partial charge in [-0.25, -0.2) is 4.39 Å². The Hall–Kier alpha value is -1.38. The SMILES string of the molecule is CC(C)(C)C(=O)NCc1ccc(F)cc1. The van der Waals surface area contributed by atoms with Crippen LogP contribution in [-0.2, 0) is 11.3 Å². The van der Waals surface area contributed by atoms with E-state index in [1.165, 1.54) is 12.1 Å². The third-order valence-corrected chi connectivity index (χ3v) is 2.05. The first-order chi connectivity index (χ1) is 6.89. The maximum Gasteiger partial charge on any atom is 0.225 e. The molecule has 0 fully saturated rings. The minimum atomic E-state index is -0.389. The van der Waals surface area contributed by atoms with Crippen LogP contribution in [0.1, 0.15) is 26.3 Å². The van der Waals surface area contributed by atoms with Gasteiger partial charge in [0.2, 0.25) is 5.91 Å². The smallest absolute Gasteiger partial charge is 0.225 e. The fourth-order valence-electron chi connectivity index (χ4n) is 1.05. The summed E-state index contributed by atoms with van der Waals surface area (Å²) in [5, 5.41) is 2.80. The van der Waals surface area contributed by atoms with Crippen molar-refractivity contribution < 1.29 is 9.18 Å². The molecule has 1 rings (SSSR count). The molecule has 0 heterocycles. The van der Waals surface area contributed by atoms with E-state index in [2.05, 4.69) is 5.32 Å². The molecule has 2 nitrogen and oxygen atoms in total. The highest BCUT2D eigenvalue weighted by atomic mass is 19.1. The topological polar surface area (TPSA) is 29.1 Å². The van der Waals surface area contributed by atoms with E-state index in [9.17, 15) is 9.18 Å². The molecule has 0 radical (unpaired) electrons. The van der Waals surface area contributed by atoms with Crippen LogP contribution >= 0.6 is 0 Å². The van der Waals surface area contributed by atoms with Crippen LogP contribution in [0.2, 0.25) is 0 Å². The Morgan fingerprint density at radius 3 is 2.27 bits per heavy atom. The van der Waals surface area contributed by atoms with Crippen molar-refractivity contribution in [2.45, 2.75) is 27.3 Å². The number of carbonyl (C=O) groups excluding carboxylic acids is 1. The zero-order chi connectivity index (χ0) is 11.5.